The molecule has 0 saturated carbocycles. The van der Waals surface area contributed by atoms with Crippen molar-refractivity contribution in [2.75, 3.05) is 11.9 Å². The van der Waals surface area contributed by atoms with Gasteiger partial charge in [0.2, 0.25) is 0 Å². The van der Waals surface area contributed by atoms with E-state index in [0.717, 1.165) is 28.7 Å². The van der Waals surface area contributed by atoms with Crippen molar-refractivity contribution in [3.63, 3.8) is 0 Å². The standard InChI is InChI=1S/C29H33N3O/c1-9-23-24(22-14-12-21(13-15-22)19(4)5)16-26(32-18-20(6)28(33)31-11-3)25(17-30)27(23)29(7,8)10-2/h3,9,12-16,19,32H,1,6,10,18H2,2,4-5,7-8H3,(H,31,33). The number of anilines is 1. The molecule has 0 aliphatic heterocycles. The van der Waals surface area contributed by atoms with Crippen LogP contribution in [0.4, 0.5) is 5.69 Å². The second kappa shape index (κ2) is 10.7. The van der Waals surface area contributed by atoms with E-state index in [2.05, 4.69) is 94.8 Å². The minimum Gasteiger partial charge on any atom is -0.380 e. The Morgan fingerprint density at radius 3 is 2.39 bits per heavy atom. The van der Waals surface area contributed by atoms with Crippen molar-refractivity contribution >= 4 is 17.7 Å². The number of amides is 1. The Labute approximate surface area is 198 Å². The third-order valence-electron chi connectivity index (χ3n) is 6.13. The number of hydrogen-bond donors (Lipinski definition) is 2. The van der Waals surface area contributed by atoms with Gasteiger partial charge >= 0.3 is 0 Å². The highest BCUT2D eigenvalue weighted by Crippen LogP contribution is 2.42. The molecule has 0 unspecified atom stereocenters. The van der Waals surface area contributed by atoms with Crippen LogP contribution in [0.15, 0.2) is 49.1 Å². The molecule has 0 atom stereocenters. The van der Waals surface area contributed by atoms with Crippen molar-refractivity contribution in [3.05, 3.63) is 71.3 Å². The first-order valence-corrected chi connectivity index (χ1v) is 11.1. The molecule has 1 amide bonds. The van der Waals surface area contributed by atoms with E-state index >= 15 is 0 Å². The van der Waals surface area contributed by atoms with Crippen LogP contribution < -0.4 is 10.6 Å². The summed E-state index contributed by atoms with van der Waals surface area (Å²) in [6, 6.07) is 14.9. The zero-order valence-electron chi connectivity index (χ0n) is 20.3. The molecular weight excluding hydrogens is 406 g/mol. The summed E-state index contributed by atoms with van der Waals surface area (Å²) in [6.07, 6.45) is 7.83. The summed E-state index contributed by atoms with van der Waals surface area (Å²) in [6.45, 7) is 18.7. The summed E-state index contributed by atoms with van der Waals surface area (Å²) in [7, 11) is 0. The second-order valence-electron chi connectivity index (χ2n) is 9.02. The van der Waals surface area contributed by atoms with Crippen molar-refractivity contribution in [2.45, 2.75) is 52.4 Å². The van der Waals surface area contributed by atoms with E-state index in [1.807, 2.05) is 12.1 Å². The third kappa shape index (κ3) is 5.54. The average Bonchev–Trinajstić information content (AvgIpc) is 2.81. The predicted molar refractivity (Wildman–Crippen MR) is 139 cm³/mol. The molecule has 0 spiro atoms. The number of hydrogen-bond acceptors (Lipinski definition) is 3. The van der Waals surface area contributed by atoms with Crippen LogP contribution in [-0.4, -0.2) is 12.5 Å². The zero-order chi connectivity index (χ0) is 24.8. The topological polar surface area (TPSA) is 64.9 Å². The number of carbonyl (C=O) groups excluding carboxylic acids is 1. The van der Waals surface area contributed by atoms with E-state index in [9.17, 15) is 10.1 Å². The van der Waals surface area contributed by atoms with Gasteiger partial charge in [-0.15, -0.1) is 0 Å². The largest absolute Gasteiger partial charge is 0.380 e. The molecular formula is C29H33N3O. The molecule has 2 rings (SSSR count). The van der Waals surface area contributed by atoms with Gasteiger partial charge in [0, 0.05) is 18.2 Å². The first kappa shape index (κ1) is 25.5. The smallest absolute Gasteiger partial charge is 0.259 e. The Morgan fingerprint density at radius 1 is 1.27 bits per heavy atom. The van der Waals surface area contributed by atoms with Crippen molar-refractivity contribution in [3.8, 4) is 29.7 Å². The van der Waals surface area contributed by atoms with Gasteiger partial charge < -0.3 is 5.32 Å². The van der Waals surface area contributed by atoms with Crippen molar-refractivity contribution in [1.29, 1.82) is 5.26 Å². The van der Waals surface area contributed by atoms with Crippen LogP contribution in [0, 0.1) is 23.8 Å². The molecule has 0 bridgehead atoms. The minimum atomic E-state index is -0.426. The highest BCUT2D eigenvalue weighted by atomic mass is 16.1. The fourth-order valence-electron chi connectivity index (χ4n) is 3.77. The van der Waals surface area contributed by atoms with E-state index in [0.29, 0.717) is 17.2 Å². The highest BCUT2D eigenvalue weighted by molar-refractivity contribution is 5.95. The van der Waals surface area contributed by atoms with Crippen LogP contribution in [0.5, 0.6) is 0 Å². The van der Waals surface area contributed by atoms with Gasteiger partial charge in [0.25, 0.3) is 5.91 Å². The lowest BCUT2D eigenvalue weighted by Gasteiger charge is -2.30. The van der Waals surface area contributed by atoms with Crippen LogP contribution in [0.1, 0.15) is 69.2 Å². The maximum atomic E-state index is 12.0. The number of terminal acetylenes is 1. The van der Waals surface area contributed by atoms with Crippen molar-refractivity contribution < 1.29 is 4.79 Å². The van der Waals surface area contributed by atoms with E-state index in [1.165, 1.54) is 5.56 Å². The molecule has 2 aromatic rings. The van der Waals surface area contributed by atoms with Gasteiger partial charge in [-0.1, -0.05) is 84.5 Å². The molecule has 0 saturated heterocycles. The lowest BCUT2D eigenvalue weighted by atomic mass is 9.74. The lowest BCUT2D eigenvalue weighted by molar-refractivity contribution is -0.116. The van der Waals surface area contributed by atoms with Crippen LogP contribution in [0.2, 0.25) is 0 Å². The Bertz CT molecular complexity index is 1140. The second-order valence-corrected chi connectivity index (χ2v) is 9.02. The van der Waals surface area contributed by atoms with E-state index in [1.54, 1.807) is 0 Å². The first-order chi connectivity index (χ1) is 15.6. The van der Waals surface area contributed by atoms with Gasteiger partial charge in [-0.05, 0) is 51.6 Å². The Hall–Kier alpha value is -3.76. The number of rotatable bonds is 9. The van der Waals surface area contributed by atoms with Crippen LogP contribution in [0.3, 0.4) is 0 Å². The van der Waals surface area contributed by atoms with Crippen molar-refractivity contribution in [1.82, 2.24) is 5.32 Å². The van der Waals surface area contributed by atoms with Gasteiger partial charge in [0.1, 0.15) is 6.07 Å². The Kier molecular flexibility index (Phi) is 8.27. The number of benzene rings is 2. The maximum Gasteiger partial charge on any atom is 0.259 e. The van der Waals surface area contributed by atoms with Crippen LogP contribution in [-0.2, 0) is 10.2 Å². The van der Waals surface area contributed by atoms with E-state index in [-0.39, 0.29) is 17.5 Å². The van der Waals surface area contributed by atoms with Gasteiger partial charge in [0.05, 0.1) is 11.3 Å². The van der Waals surface area contributed by atoms with E-state index < -0.39 is 5.91 Å². The number of nitrogens with one attached hydrogen (secondary N) is 2. The monoisotopic (exact) mass is 439 g/mol. The normalized spacial score (nSPS) is 10.8. The quantitative estimate of drug-likeness (QED) is 0.272. The van der Waals surface area contributed by atoms with Gasteiger partial charge in [-0.25, -0.2) is 0 Å². The first-order valence-electron chi connectivity index (χ1n) is 11.1. The summed E-state index contributed by atoms with van der Waals surface area (Å²) in [5.41, 5.74) is 6.38. The molecule has 2 N–H and O–H groups in total. The lowest BCUT2D eigenvalue weighted by Crippen LogP contribution is -2.24. The van der Waals surface area contributed by atoms with Gasteiger partial charge in [0.15, 0.2) is 0 Å². The molecule has 0 fully saturated rings. The molecule has 2 aromatic carbocycles. The highest BCUT2D eigenvalue weighted by Gasteiger charge is 2.28. The predicted octanol–water partition coefficient (Wildman–Crippen LogP) is 6.35. The number of nitriles is 1. The van der Waals surface area contributed by atoms with E-state index in [4.69, 9.17) is 6.42 Å². The SMILES string of the molecule is C#CNC(=O)C(=C)CNc1cc(-c2ccc(C(C)C)cc2)c(C=C)c(C(C)(C)CC)c1C#N. The molecule has 33 heavy (non-hydrogen) atoms. The fraction of sp³-hybridized carbons (Fsp3) is 0.310. The van der Waals surface area contributed by atoms with Crippen LogP contribution >= 0.6 is 0 Å². The maximum absolute atomic E-state index is 12.0. The molecule has 0 radical (unpaired) electrons. The third-order valence-corrected chi connectivity index (χ3v) is 6.13. The molecule has 0 aliphatic carbocycles. The molecule has 4 nitrogen and oxygen atoms in total. The summed E-state index contributed by atoms with van der Waals surface area (Å²) in [5, 5.41) is 15.7. The average molecular weight is 440 g/mol. The molecule has 0 aromatic heterocycles. The number of carbonyl (C=O) groups is 1. The molecule has 0 aliphatic rings. The summed E-state index contributed by atoms with van der Waals surface area (Å²) < 4.78 is 0. The summed E-state index contributed by atoms with van der Waals surface area (Å²) in [5.74, 6) is 0.00991. The molecule has 4 heteroatoms. The summed E-state index contributed by atoms with van der Waals surface area (Å²) >= 11 is 0. The van der Waals surface area contributed by atoms with Gasteiger partial charge in [-0.3, -0.25) is 10.1 Å². The van der Waals surface area contributed by atoms with Gasteiger partial charge in [-0.2, -0.15) is 5.26 Å². The Balaban J connectivity index is 2.72. The van der Waals surface area contributed by atoms with Crippen LogP contribution in [0.25, 0.3) is 17.2 Å². The summed E-state index contributed by atoms with van der Waals surface area (Å²) in [4.78, 5) is 12.0. The minimum absolute atomic E-state index is 0.160. The fourth-order valence-corrected chi connectivity index (χ4v) is 3.77. The zero-order valence-corrected chi connectivity index (χ0v) is 20.3. The molecule has 0 heterocycles. The number of nitrogens with zero attached hydrogens (tertiary/aromatic N) is 1. The Morgan fingerprint density at radius 2 is 1.91 bits per heavy atom. The molecule has 170 valence electrons. The van der Waals surface area contributed by atoms with Crippen molar-refractivity contribution in [2.24, 2.45) is 0 Å².